The van der Waals surface area contributed by atoms with Crippen LogP contribution in [0.5, 0.6) is 23.0 Å². The highest BCUT2D eigenvalue weighted by molar-refractivity contribution is 5.39. The van der Waals surface area contributed by atoms with Gasteiger partial charge in [0.25, 0.3) is 0 Å². The number of hydrogen-bond donors (Lipinski definition) is 2. The third-order valence-corrected chi connectivity index (χ3v) is 1.95. The highest BCUT2D eigenvalue weighted by atomic mass is 17.2. The molecule has 2 rings (SSSR count). The van der Waals surface area contributed by atoms with Crippen molar-refractivity contribution >= 4 is 0 Å². The molecule has 0 saturated carbocycles. The summed E-state index contributed by atoms with van der Waals surface area (Å²) in [7, 11) is 0. The quantitative estimate of drug-likeness (QED) is 0.613. The van der Waals surface area contributed by atoms with Gasteiger partial charge in [0, 0.05) is 0 Å². The summed E-state index contributed by atoms with van der Waals surface area (Å²) in [5.74, 6) is 0.312. The van der Waals surface area contributed by atoms with Crippen molar-refractivity contribution in [1.29, 1.82) is 0 Å². The van der Waals surface area contributed by atoms with Crippen LogP contribution in [0.3, 0.4) is 0 Å². The summed E-state index contributed by atoms with van der Waals surface area (Å²) in [6, 6.07) is 12.8. The summed E-state index contributed by atoms with van der Waals surface area (Å²) in [5.41, 5.74) is 0. The van der Waals surface area contributed by atoms with Gasteiger partial charge in [-0.15, -0.1) is 0 Å². The second-order valence-corrected chi connectivity index (χ2v) is 3.10. The van der Waals surface area contributed by atoms with Crippen molar-refractivity contribution in [2.24, 2.45) is 0 Å². The van der Waals surface area contributed by atoms with Crippen molar-refractivity contribution in [3.63, 3.8) is 0 Å². The number of aromatic hydroxyl groups is 2. The molecule has 0 aromatic heterocycles. The second-order valence-electron chi connectivity index (χ2n) is 3.10. The molecule has 0 heterocycles. The Labute approximate surface area is 92.2 Å². The fourth-order valence-electron chi connectivity index (χ4n) is 1.15. The number of benzene rings is 2. The van der Waals surface area contributed by atoms with Crippen LogP contribution in [0.1, 0.15) is 0 Å². The van der Waals surface area contributed by atoms with E-state index in [0.29, 0.717) is 0 Å². The predicted molar refractivity (Wildman–Crippen MR) is 57.5 cm³/mol. The topological polar surface area (TPSA) is 58.9 Å². The Hall–Kier alpha value is -2.36. The van der Waals surface area contributed by atoms with Crippen LogP contribution in [0.4, 0.5) is 0 Å². The van der Waals surface area contributed by atoms with Gasteiger partial charge in [0.15, 0.2) is 11.5 Å². The zero-order valence-corrected chi connectivity index (χ0v) is 8.33. The van der Waals surface area contributed by atoms with Crippen LogP contribution in [0.15, 0.2) is 48.5 Å². The van der Waals surface area contributed by atoms with Crippen molar-refractivity contribution in [3.05, 3.63) is 48.5 Å². The van der Waals surface area contributed by atoms with Gasteiger partial charge >= 0.3 is 0 Å². The molecule has 2 aromatic carbocycles. The van der Waals surface area contributed by atoms with Crippen LogP contribution >= 0.6 is 0 Å². The summed E-state index contributed by atoms with van der Waals surface area (Å²) in [5, 5.41) is 18.8. The van der Waals surface area contributed by atoms with Gasteiger partial charge in [0.05, 0.1) is 0 Å². The first kappa shape index (κ1) is 10.2. The fourth-order valence-corrected chi connectivity index (χ4v) is 1.15. The molecule has 0 atom stereocenters. The minimum absolute atomic E-state index is 0.0297. The molecule has 0 unspecified atom stereocenters. The van der Waals surface area contributed by atoms with Crippen LogP contribution in [-0.2, 0) is 0 Å². The third kappa shape index (κ3) is 2.17. The van der Waals surface area contributed by atoms with Crippen molar-refractivity contribution in [3.8, 4) is 23.0 Å². The van der Waals surface area contributed by atoms with Crippen molar-refractivity contribution in [1.82, 2.24) is 0 Å². The average Bonchev–Trinajstić information content (AvgIpc) is 2.30. The zero-order valence-electron chi connectivity index (χ0n) is 8.33. The van der Waals surface area contributed by atoms with Crippen LogP contribution in [0, 0.1) is 0 Å². The smallest absolute Gasteiger partial charge is 0.220 e. The van der Waals surface area contributed by atoms with E-state index < -0.39 is 0 Å². The van der Waals surface area contributed by atoms with Gasteiger partial charge in [-0.25, -0.2) is 0 Å². The lowest BCUT2D eigenvalue weighted by Crippen LogP contribution is -2.00. The molecule has 2 N–H and O–H groups in total. The molecule has 4 nitrogen and oxygen atoms in total. The van der Waals surface area contributed by atoms with Crippen LogP contribution in [0.25, 0.3) is 0 Å². The van der Waals surface area contributed by atoms with E-state index in [1.165, 1.54) is 12.1 Å². The van der Waals surface area contributed by atoms with Gasteiger partial charge in [-0.05, 0) is 24.3 Å². The number of hydrogen-bond acceptors (Lipinski definition) is 4. The first-order chi connectivity index (χ1) is 7.77. The Morgan fingerprint density at radius 2 is 1.00 bits per heavy atom. The van der Waals surface area contributed by atoms with Crippen LogP contribution < -0.4 is 9.78 Å². The van der Waals surface area contributed by atoms with Crippen molar-refractivity contribution < 1.29 is 20.0 Å². The Kier molecular flexibility index (Phi) is 2.82. The molecule has 0 aliphatic heterocycles. The number of para-hydroxylation sites is 4. The molecule has 0 spiro atoms. The summed E-state index contributed by atoms with van der Waals surface area (Å²) in [6.45, 7) is 0. The summed E-state index contributed by atoms with van der Waals surface area (Å²) in [4.78, 5) is 9.79. The molecule has 0 bridgehead atoms. The Bertz CT molecular complexity index is 436. The lowest BCUT2D eigenvalue weighted by molar-refractivity contribution is -0.103. The highest BCUT2D eigenvalue weighted by Crippen LogP contribution is 2.28. The standard InChI is InChI=1S/C12H10O4/c13-9-5-1-3-7-11(9)15-16-12-8-4-2-6-10(12)14/h1-8,13-14H. The monoisotopic (exact) mass is 218 g/mol. The molecule has 0 saturated heterocycles. The Morgan fingerprint density at radius 3 is 1.38 bits per heavy atom. The van der Waals surface area contributed by atoms with E-state index in [9.17, 15) is 10.2 Å². The normalized spacial score (nSPS) is 9.75. The largest absolute Gasteiger partial charge is 0.504 e. The first-order valence-electron chi connectivity index (χ1n) is 4.68. The lowest BCUT2D eigenvalue weighted by atomic mass is 10.3. The molecule has 4 heteroatoms. The van der Waals surface area contributed by atoms with E-state index in [-0.39, 0.29) is 23.0 Å². The van der Waals surface area contributed by atoms with E-state index >= 15 is 0 Å². The Balaban J connectivity index is 2.09. The van der Waals surface area contributed by atoms with Gasteiger partial charge in [-0.3, -0.25) is 9.78 Å². The predicted octanol–water partition coefficient (Wildman–Crippen LogP) is 2.47. The molecular weight excluding hydrogens is 208 g/mol. The van der Waals surface area contributed by atoms with Crippen molar-refractivity contribution in [2.45, 2.75) is 0 Å². The maximum Gasteiger partial charge on any atom is 0.220 e. The summed E-state index contributed by atoms with van der Waals surface area (Å²) in [6.07, 6.45) is 0. The second kappa shape index (κ2) is 4.44. The van der Waals surface area contributed by atoms with Gasteiger partial charge in [0.1, 0.15) is 0 Å². The minimum Gasteiger partial charge on any atom is -0.504 e. The molecule has 0 fully saturated rings. The highest BCUT2D eigenvalue weighted by Gasteiger charge is 2.05. The zero-order chi connectivity index (χ0) is 11.4. The molecular formula is C12H10O4. The Morgan fingerprint density at radius 1 is 0.625 bits per heavy atom. The first-order valence-corrected chi connectivity index (χ1v) is 4.68. The number of rotatable bonds is 3. The molecule has 0 aliphatic carbocycles. The van der Waals surface area contributed by atoms with Gasteiger partial charge in [-0.2, -0.15) is 0 Å². The summed E-state index contributed by atoms with van der Waals surface area (Å²) >= 11 is 0. The van der Waals surface area contributed by atoms with E-state index in [1.54, 1.807) is 36.4 Å². The summed E-state index contributed by atoms with van der Waals surface area (Å²) < 4.78 is 0. The van der Waals surface area contributed by atoms with E-state index in [1.807, 2.05) is 0 Å². The van der Waals surface area contributed by atoms with Crippen LogP contribution in [0.2, 0.25) is 0 Å². The molecule has 0 radical (unpaired) electrons. The van der Waals surface area contributed by atoms with E-state index in [0.717, 1.165) is 0 Å². The maximum absolute atomic E-state index is 9.39. The number of phenolic OH excluding ortho intramolecular Hbond substituents is 2. The van der Waals surface area contributed by atoms with Gasteiger partial charge < -0.3 is 10.2 Å². The van der Waals surface area contributed by atoms with Crippen molar-refractivity contribution in [2.75, 3.05) is 0 Å². The minimum atomic E-state index is -0.0297. The molecule has 82 valence electrons. The van der Waals surface area contributed by atoms with E-state index in [4.69, 9.17) is 9.78 Å². The van der Waals surface area contributed by atoms with E-state index in [2.05, 4.69) is 0 Å². The lowest BCUT2D eigenvalue weighted by Gasteiger charge is -2.07. The molecule has 16 heavy (non-hydrogen) atoms. The van der Waals surface area contributed by atoms with Crippen LogP contribution in [-0.4, -0.2) is 10.2 Å². The fraction of sp³-hybridized carbons (Fsp3) is 0. The van der Waals surface area contributed by atoms with Gasteiger partial charge in [0.2, 0.25) is 11.5 Å². The average molecular weight is 218 g/mol. The molecule has 2 aromatic rings. The third-order valence-electron chi connectivity index (χ3n) is 1.95. The number of phenols is 2. The maximum atomic E-state index is 9.39. The molecule has 0 aliphatic rings. The SMILES string of the molecule is Oc1ccccc1OOc1ccccc1O. The van der Waals surface area contributed by atoms with Gasteiger partial charge in [-0.1, -0.05) is 24.3 Å². The molecule has 0 amide bonds.